The Balaban J connectivity index is 2.20. The quantitative estimate of drug-likeness (QED) is 0.789. The molecule has 0 aliphatic carbocycles. The molecule has 2 aromatic rings. The lowest BCUT2D eigenvalue weighted by Gasteiger charge is -2.09. The predicted octanol–water partition coefficient (Wildman–Crippen LogP) is 3.09. The summed E-state index contributed by atoms with van der Waals surface area (Å²) in [6, 6.07) is 13.0. The Morgan fingerprint density at radius 2 is 2.00 bits per heavy atom. The van der Waals surface area contributed by atoms with Gasteiger partial charge in [-0.2, -0.15) is 5.26 Å². The number of para-hydroxylation sites is 1. The molecule has 19 heavy (non-hydrogen) atoms. The summed E-state index contributed by atoms with van der Waals surface area (Å²) in [5.74, 6) is -0.201. The first-order valence-electron chi connectivity index (χ1n) is 5.60. The molecule has 0 amide bonds. The summed E-state index contributed by atoms with van der Waals surface area (Å²) < 4.78 is 19.2. The van der Waals surface area contributed by atoms with Crippen molar-refractivity contribution in [1.82, 2.24) is 0 Å². The highest BCUT2D eigenvalue weighted by Crippen LogP contribution is 2.19. The standard InChI is InChI=1S/C15H10FNO2/c16-15-11(8-17)5-3-6-13(15)10-19-14-7-2-1-4-12(14)9-18/h1-7,9H,10H2. The first-order chi connectivity index (χ1) is 9.26. The lowest BCUT2D eigenvalue weighted by molar-refractivity contribution is 0.111. The van der Waals surface area contributed by atoms with Crippen molar-refractivity contribution in [3.8, 4) is 11.8 Å². The van der Waals surface area contributed by atoms with E-state index in [4.69, 9.17) is 10.00 Å². The van der Waals surface area contributed by atoms with Gasteiger partial charge in [0, 0.05) is 5.56 Å². The van der Waals surface area contributed by atoms with E-state index in [2.05, 4.69) is 0 Å². The van der Waals surface area contributed by atoms with Crippen LogP contribution in [0.2, 0.25) is 0 Å². The summed E-state index contributed by atoms with van der Waals surface area (Å²) in [5, 5.41) is 8.73. The highest BCUT2D eigenvalue weighted by molar-refractivity contribution is 5.79. The number of hydrogen-bond acceptors (Lipinski definition) is 3. The summed E-state index contributed by atoms with van der Waals surface area (Å²) in [7, 11) is 0. The number of aldehydes is 1. The zero-order valence-corrected chi connectivity index (χ0v) is 9.97. The number of nitriles is 1. The van der Waals surface area contributed by atoms with Crippen molar-refractivity contribution >= 4 is 6.29 Å². The first-order valence-corrected chi connectivity index (χ1v) is 5.60. The normalized spacial score (nSPS) is 9.68. The Labute approximate surface area is 109 Å². The molecule has 3 nitrogen and oxygen atoms in total. The van der Waals surface area contributed by atoms with E-state index in [9.17, 15) is 9.18 Å². The SMILES string of the molecule is N#Cc1cccc(COc2ccccc2C=O)c1F. The predicted molar refractivity (Wildman–Crippen MR) is 67.3 cm³/mol. The van der Waals surface area contributed by atoms with Gasteiger partial charge < -0.3 is 4.74 Å². The Bertz CT molecular complexity index is 647. The van der Waals surface area contributed by atoms with Crippen molar-refractivity contribution in [2.24, 2.45) is 0 Å². The maximum Gasteiger partial charge on any atom is 0.153 e. The fraction of sp³-hybridized carbons (Fsp3) is 0.0667. The summed E-state index contributed by atoms with van der Waals surface area (Å²) in [6.07, 6.45) is 0.678. The molecule has 94 valence electrons. The molecule has 0 spiro atoms. The number of carbonyl (C=O) groups excluding carboxylic acids is 1. The van der Waals surface area contributed by atoms with E-state index >= 15 is 0 Å². The number of nitrogens with zero attached hydrogens (tertiary/aromatic N) is 1. The maximum absolute atomic E-state index is 13.8. The van der Waals surface area contributed by atoms with Crippen molar-refractivity contribution in [2.75, 3.05) is 0 Å². The van der Waals surface area contributed by atoms with Crippen LogP contribution in [0.25, 0.3) is 0 Å². The molecule has 0 atom stereocenters. The number of ether oxygens (including phenoxy) is 1. The molecule has 2 aromatic carbocycles. The van der Waals surface area contributed by atoms with Gasteiger partial charge in [-0.25, -0.2) is 4.39 Å². The molecule has 0 bridgehead atoms. The molecule has 0 saturated heterocycles. The number of rotatable bonds is 4. The third kappa shape index (κ3) is 2.78. The van der Waals surface area contributed by atoms with Crippen LogP contribution in [-0.4, -0.2) is 6.29 Å². The first kappa shape index (κ1) is 12.8. The monoisotopic (exact) mass is 255 g/mol. The van der Waals surface area contributed by atoms with Crippen molar-refractivity contribution in [3.63, 3.8) is 0 Å². The van der Waals surface area contributed by atoms with E-state index < -0.39 is 5.82 Å². The Kier molecular flexibility index (Phi) is 3.89. The average molecular weight is 255 g/mol. The molecule has 0 aromatic heterocycles. The fourth-order valence-electron chi connectivity index (χ4n) is 1.64. The van der Waals surface area contributed by atoms with Gasteiger partial charge in [0.15, 0.2) is 6.29 Å². The Morgan fingerprint density at radius 1 is 1.21 bits per heavy atom. The largest absolute Gasteiger partial charge is 0.488 e. The number of carbonyl (C=O) groups is 1. The van der Waals surface area contributed by atoms with Crippen LogP contribution in [0.3, 0.4) is 0 Å². The van der Waals surface area contributed by atoms with E-state index in [1.165, 1.54) is 6.07 Å². The molecule has 0 N–H and O–H groups in total. The number of benzene rings is 2. The van der Waals surface area contributed by atoms with E-state index in [1.54, 1.807) is 42.5 Å². The van der Waals surface area contributed by atoms with Crippen LogP contribution in [0.1, 0.15) is 21.5 Å². The van der Waals surface area contributed by atoms with Crippen LogP contribution in [0, 0.1) is 17.1 Å². The van der Waals surface area contributed by atoms with Crippen LogP contribution in [0.15, 0.2) is 42.5 Å². The molecular formula is C15H10FNO2. The van der Waals surface area contributed by atoms with Gasteiger partial charge >= 0.3 is 0 Å². The van der Waals surface area contributed by atoms with Gasteiger partial charge in [-0.05, 0) is 18.2 Å². The maximum atomic E-state index is 13.8. The van der Waals surface area contributed by atoms with Gasteiger partial charge in [0.1, 0.15) is 24.2 Å². The molecular weight excluding hydrogens is 245 g/mol. The molecule has 0 aliphatic rings. The van der Waals surface area contributed by atoms with Gasteiger partial charge in [-0.15, -0.1) is 0 Å². The molecule has 2 rings (SSSR count). The Hall–Kier alpha value is -2.67. The average Bonchev–Trinajstić information content (AvgIpc) is 2.46. The smallest absolute Gasteiger partial charge is 0.153 e. The third-order valence-corrected chi connectivity index (χ3v) is 2.63. The molecule has 0 radical (unpaired) electrons. The summed E-state index contributed by atoms with van der Waals surface area (Å²) in [6.45, 7) is -0.0355. The van der Waals surface area contributed by atoms with Crippen LogP contribution >= 0.6 is 0 Å². The van der Waals surface area contributed by atoms with E-state index in [0.29, 0.717) is 17.6 Å². The fourth-order valence-corrected chi connectivity index (χ4v) is 1.64. The van der Waals surface area contributed by atoms with Crippen LogP contribution in [0.4, 0.5) is 4.39 Å². The zero-order valence-electron chi connectivity index (χ0n) is 9.97. The molecule has 0 aliphatic heterocycles. The highest BCUT2D eigenvalue weighted by atomic mass is 19.1. The number of halogens is 1. The highest BCUT2D eigenvalue weighted by Gasteiger charge is 2.09. The second-order valence-electron chi connectivity index (χ2n) is 3.83. The lowest BCUT2D eigenvalue weighted by Crippen LogP contribution is -2.01. The van der Waals surface area contributed by atoms with Crippen LogP contribution < -0.4 is 4.74 Å². The second kappa shape index (κ2) is 5.78. The van der Waals surface area contributed by atoms with E-state index in [0.717, 1.165) is 0 Å². The minimum absolute atomic E-state index is 0.0234. The topological polar surface area (TPSA) is 50.1 Å². The Morgan fingerprint density at radius 3 is 2.74 bits per heavy atom. The van der Waals surface area contributed by atoms with Crippen molar-refractivity contribution in [2.45, 2.75) is 6.61 Å². The van der Waals surface area contributed by atoms with Gasteiger partial charge in [-0.3, -0.25) is 4.79 Å². The number of hydrogen-bond donors (Lipinski definition) is 0. The molecule has 0 fully saturated rings. The summed E-state index contributed by atoms with van der Waals surface area (Å²) in [5.41, 5.74) is 0.656. The van der Waals surface area contributed by atoms with Gasteiger partial charge in [0.2, 0.25) is 0 Å². The summed E-state index contributed by atoms with van der Waals surface area (Å²) in [4.78, 5) is 10.8. The molecule has 0 heterocycles. The van der Waals surface area contributed by atoms with Crippen LogP contribution in [0.5, 0.6) is 5.75 Å². The zero-order chi connectivity index (χ0) is 13.7. The van der Waals surface area contributed by atoms with Crippen molar-refractivity contribution in [3.05, 3.63) is 65.0 Å². The van der Waals surface area contributed by atoms with Gasteiger partial charge in [0.05, 0.1) is 11.1 Å². The van der Waals surface area contributed by atoms with E-state index in [1.807, 2.05) is 0 Å². The van der Waals surface area contributed by atoms with Crippen LogP contribution in [-0.2, 0) is 6.61 Å². The van der Waals surface area contributed by atoms with Gasteiger partial charge in [-0.1, -0.05) is 24.3 Å². The second-order valence-corrected chi connectivity index (χ2v) is 3.83. The third-order valence-electron chi connectivity index (χ3n) is 2.63. The lowest BCUT2D eigenvalue weighted by atomic mass is 10.1. The summed E-state index contributed by atoms with van der Waals surface area (Å²) >= 11 is 0. The van der Waals surface area contributed by atoms with Crippen molar-refractivity contribution < 1.29 is 13.9 Å². The molecule has 0 saturated carbocycles. The molecule has 0 unspecified atom stereocenters. The molecule has 4 heteroatoms. The minimum Gasteiger partial charge on any atom is -0.488 e. The van der Waals surface area contributed by atoms with Crippen molar-refractivity contribution in [1.29, 1.82) is 5.26 Å². The van der Waals surface area contributed by atoms with E-state index in [-0.39, 0.29) is 17.7 Å². The van der Waals surface area contributed by atoms with Gasteiger partial charge in [0.25, 0.3) is 0 Å². The minimum atomic E-state index is -0.589.